The Labute approximate surface area is 317 Å². The number of rotatable bonds is 2. The van der Waals surface area contributed by atoms with Crippen molar-refractivity contribution in [3.63, 3.8) is 0 Å². The predicted octanol–water partition coefficient (Wildman–Crippen LogP) is 10.1. The Balaban J connectivity index is 0.000000173. The predicted molar refractivity (Wildman–Crippen MR) is 209 cm³/mol. The molecule has 0 aliphatic carbocycles. The third kappa shape index (κ3) is 4.48. The molecule has 0 atom stereocenters. The maximum Gasteiger partial charge on any atom is 3.00 e. The number of hydrogen-bond acceptors (Lipinski definition) is 2. The first-order valence-corrected chi connectivity index (χ1v) is 17.4. The first-order valence-electron chi connectivity index (χ1n) is 17.4. The minimum Gasteiger partial charge on any atom is -0.500 e. The zero-order valence-electron chi connectivity index (χ0n) is 28.8. The Bertz CT molecular complexity index is 3330. The number of fused-ring (bicyclic) bond motifs is 12. The van der Waals surface area contributed by atoms with Crippen LogP contribution in [0.3, 0.4) is 0 Å². The van der Waals surface area contributed by atoms with Crippen LogP contribution in [0.15, 0.2) is 144 Å². The summed E-state index contributed by atoms with van der Waals surface area (Å²) >= 11 is 0. The number of benzene rings is 7. The van der Waals surface area contributed by atoms with Gasteiger partial charge < -0.3 is 22.5 Å². The zero-order chi connectivity index (χ0) is 34.5. The molecule has 0 saturated heterocycles. The fourth-order valence-electron chi connectivity index (χ4n) is 8.14. The summed E-state index contributed by atoms with van der Waals surface area (Å²) in [5, 5.41) is 7.11. The molecule has 0 saturated carbocycles. The Morgan fingerprint density at radius 1 is 0.623 bits per heavy atom. The molecule has 0 amide bonds. The average Bonchev–Trinajstić information content (AvgIpc) is 4.00. The van der Waals surface area contributed by atoms with Crippen molar-refractivity contribution in [3.8, 4) is 17.1 Å². The summed E-state index contributed by atoms with van der Waals surface area (Å²) in [6, 6.07) is 54.7. The van der Waals surface area contributed by atoms with E-state index in [1.54, 1.807) is 0 Å². The van der Waals surface area contributed by atoms with Gasteiger partial charge in [-0.05, 0) is 30.3 Å². The monoisotopic (exact) mass is 860 g/mol. The van der Waals surface area contributed by atoms with Crippen LogP contribution in [-0.2, 0) is 34.2 Å². The van der Waals surface area contributed by atoms with Gasteiger partial charge in [-0.3, -0.25) is 4.98 Å². The smallest absolute Gasteiger partial charge is 0.500 e. The summed E-state index contributed by atoms with van der Waals surface area (Å²) in [5.74, 6) is 0.859. The molecule has 0 fully saturated rings. The van der Waals surface area contributed by atoms with E-state index >= 15 is 0 Å². The van der Waals surface area contributed by atoms with Crippen LogP contribution in [0.2, 0.25) is 0 Å². The summed E-state index contributed by atoms with van der Waals surface area (Å²) in [6.07, 6.45) is 3.27. The number of hydrogen-bond donors (Lipinski definition) is 0. The molecule has 12 rings (SSSR count). The van der Waals surface area contributed by atoms with E-state index in [2.05, 4.69) is 113 Å². The molecule has 5 aromatic heterocycles. The molecule has 7 aromatic carbocycles. The molecule has 5 heterocycles. The van der Waals surface area contributed by atoms with Crippen molar-refractivity contribution >= 4 is 82.1 Å². The fraction of sp³-hybridized carbons (Fsp3) is 0.0435. The zero-order valence-corrected chi connectivity index (χ0v) is 31.2. The molecule has 0 bridgehead atoms. The van der Waals surface area contributed by atoms with Crippen molar-refractivity contribution in [2.75, 3.05) is 0 Å². The third-order valence-electron chi connectivity index (χ3n) is 10.4. The molecule has 6 nitrogen and oxygen atoms in total. The van der Waals surface area contributed by atoms with Gasteiger partial charge in [0.05, 0.1) is 62.5 Å². The molecule has 252 valence electrons. The quantitative estimate of drug-likeness (QED) is 0.128. The van der Waals surface area contributed by atoms with Crippen LogP contribution in [0.25, 0.3) is 99.2 Å². The van der Waals surface area contributed by atoms with E-state index in [1.165, 1.54) is 43.6 Å². The van der Waals surface area contributed by atoms with E-state index in [0.29, 0.717) is 0 Å². The van der Waals surface area contributed by atoms with Crippen molar-refractivity contribution in [1.29, 1.82) is 0 Å². The van der Waals surface area contributed by atoms with Crippen molar-refractivity contribution < 1.29 is 29.1 Å². The van der Waals surface area contributed by atoms with Crippen LogP contribution >= 0.6 is 0 Å². The minimum atomic E-state index is 0. The van der Waals surface area contributed by atoms with Gasteiger partial charge in [0.2, 0.25) is 6.33 Å². The van der Waals surface area contributed by atoms with E-state index in [0.717, 1.165) is 55.6 Å². The number of furan rings is 1. The number of nitrogens with zero attached hydrogens (tertiary/aromatic N) is 5. The molecule has 0 radical (unpaired) electrons. The Hall–Kier alpha value is -6.27. The Morgan fingerprint density at radius 2 is 1.32 bits per heavy atom. The van der Waals surface area contributed by atoms with Gasteiger partial charge in [-0.15, -0.1) is 18.2 Å². The summed E-state index contributed by atoms with van der Waals surface area (Å²) in [7, 11) is 4.06. The first kappa shape index (κ1) is 31.5. The van der Waals surface area contributed by atoms with Crippen LogP contribution in [0, 0.1) is 18.5 Å². The molecule has 7 heteroatoms. The van der Waals surface area contributed by atoms with Crippen LogP contribution < -0.4 is 4.57 Å². The largest absolute Gasteiger partial charge is 3.00 e. The second-order valence-corrected chi connectivity index (χ2v) is 13.3. The number of para-hydroxylation sites is 7. The molecule has 12 aromatic rings. The molecule has 0 spiro atoms. The molecule has 0 N–H and O–H groups in total. The molecular weight excluding hydrogens is 831 g/mol. The maximum atomic E-state index is 6.81. The molecule has 0 unspecified atom stereocenters. The molecule has 0 aliphatic heterocycles. The van der Waals surface area contributed by atoms with Crippen molar-refractivity contribution in [3.05, 3.63) is 158 Å². The van der Waals surface area contributed by atoms with Gasteiger partial charge in [0, 0.05) is 28.6 Å². The van der Waals surface area contributed by atoms with E-state index in [-0.39, 0.29) is 20.1 Å². The first-order chi connectivity index (χ1) is 25.7. The normalized spacial score (nSPS) is 11.8. The van der Waals surface area contributed by atoms with Gasteiger partial charge in [-0.25, -0.2) is 0 Å². The van der Waals surface area contributed by atoms with E-state index < -0.39 is 0 Å². The summed E-state index contributed by atoms with van der Waals surface area (Å²) in [5.41, 5.74) is 11.7. The SMILES string of the molecule is C[n+]1[c-]n(-c2[c-]cccc2)c2ccccc21.Cn1c(-c2[c-]ccc3c2oc2c3cc3c4ccccc4n4c5ccccc5c2c34)nc2ccccc21.[Ir+3]. The number of imidazole rings is 2. The van der Waals surface area contributed by atoms with Gasteiger partial charge in [0.25, 0.3) is 0 Å². The number of aromatic nitrogens is 5. The minimum absolute atomic E-state index is 0. The van der Waals surface area contributed by atoms with Gasteiger partial charge in [0.1, 0.15) is 5.58 Å². The van der Waals surface area contributed by atoms with Gasteiger partial charge in [0.15, 0.2) is 0 Å². The van der Waals surface area contributed by atoms with Crippen LogP contribution in [0.4, 0.5) is 0 Å². The van der Waals surface area contributed by atoms with Crippen molar-refractivity contribution in [2.45, 2.75) is 0 Å². The van der Waals surface area contributed by atoms with Crippen molar-refractivity contribution in [2.24, 2.45) is 14.1 Å². The Morgan fingerprint density at radius 3 is 2.11 bits per heavy atom. The second-order valence-electron chi connectivity index (χ2n) is 13.3. The number of aryl methyl sites for hydroxylation is 2. The third-order valence-corrected chi connectivity index (χ3v) is 10.4. The van der Waals surface area contributed by atoms with Gasteiger partial charge in [-0.2, -0.15) is 30.3 Å². The van der Waals surface area contributed by atoms with E-state index in [4.69, 9.17) is 9.40 Å². The van der Waals surface area contributed by atoms with Crippen LogP contribution in [0.1, 0.15) is 0 Å². The van der Waals surface area contributed by atoms with Gasteiger partial charge in [-0.1, -0.05) is 89.4 Å². The Kier molecular flexibility index (Phi) is 7.06. The molecular formula is C46H29IrN5O+. The van der Waals surface area contributed by atoms with E-state index in [9.17, 15) is 0 Å². The van der Waals surface area contributed by atoms with Crippen LogP contribution in [0.5, 0.6) is 0 Å². The summed E-state index contributed by atoms with van der Waals surface area (Å²) < 4.78 is 15.3. The second kappa shape index (κ2) is 11.9. The van der Waals surface area contributed by atoms with E-state index in [1.807, 2.05) is 76.8 Å². The van der Waals surface area contributed by atoms with Gasteiger partial charge >= 0.3 is 20.1 Å². The summed E-state index contributed by atoms with van der Waals surface area (Å²) in [6.45, 7) is 0. The molecule has 53 heavy (non-hydrogen) atoms. The fourth-order valence-corrected chi connectivity index (χ4v) is 8.14. The van der Waals surface area contributed by atoms with Crippen LogP contribution in [-0.4, -0.2) is 18.5 Å². The van der Waals surface area contributed by atoms with Crippen molar-refractivity contribution in [1.82, 2.24) is 18.5 Å². The summed E-state index contributed by atoms with van der Waals surface area (Å²) in [4.78, 5) is 4.95. The molecule has 0 aliphatic rings. The topological polar surface area (TPSA) is 44.2 Å². The standard InChI is InChI=1S/C32H18N3O.C14H11N2.Ir/c1-34-27-16-7-4-13-24(27)33-32(34)21-12-8-11-19-23-17-22-18-9-2-5-14-25(18)35-26-15-6-3-10-20(26)28(29(22)35)31(23)36-30(19)21;1-15-11-16(12-7-3-2-4-8-12)14-10-6-5-9-13(14)15;/h2-11,13-17H,1H3;2-7,9-10H,1H3;/q2*-1;+3. The maximum absolute atomic E-state index is 6.81. The average molecular weight is 860 g/mol.